The second-order valence-corrected chi connectivity index (χ2v) is 7.14. The number of carbonyl (C=O) groups is 2. The van der Waals surface area contributed by atoms with Crippen LogP contribution in [0.15, 0.2) is 24.3 Å². The molecular formula is C19H28N3O3+. The van der Waals surface area contributed by atoms with Gasteiger partial charge in [-0.1, -0.05) is 19.1 Å². The molecule has 1 saturated heterocycles. The van der Waals surface area contributed by atoms with E-state index in [1.54, 1.807) is 11.0 Å². The van der Waals surface area contributed by atoms with Gasteiger partial charge < -0.3 is 15.0 Å². The van der Waals surface area contributed by atoms with Gasteiger partial charge in [-0.05, 0) is 25.0 Å². The van der Waals surface area contributed by atoms with E-state index in [0.29, 0.717) is 18.0 Å². The summed E-state index contributed by atoms with van der Waals surface area (Å²) in [7, 11) is 0. The summed E-state index contributed by atoms with van der Waals surface area (Å²) in [6, 6.07) is 7.32. The third kappa shape index (κ3) is 4.72. The van der Waals surface area contributed by atoms with Gasteiger partial charge in [0.1, 0.15) is 12.3 Å². The first kappa shape index (κ1) is 17.7. The molecule has 1 aromatic carbocycles. The highest BCUT2D eigenvalue weighted by atomic mass is 16.5. The Morgan fingerprint density at radius 2 is 2.24 bits per heavy atom. The van der Waals surface area contributed by atoms with Gasteiger partial charge >= 0.3 is 0 Å². The molecule has 2 atom stereocenters. The van der Waals surface area contributed by atoms with Crippen molar-refractivity contribution in [2.75, 3.05) is 44.2 Å². The zero-order valence-corrected chi connectivity index (χ0v) is 14.9. The molecule has 0 spiro atoms. The first-order chi connectivity index (χ1) is 12.1. The van der Waals surface area contributed by atoms with E-state index in [2.05, 4.69) is 12.2 Å². The molecule has 0 radical (unpaired) electrons. The van der Waals surface area contributed by atoms with Crippen molar-refractivity contribution in [2.45, 2.75) is 26.2 Å². The number of piperidine rings is 1. The molecule has 2 aliphatic heterocycles. The molecule has 2 unspecified atom stereocenters. The quantitative estimate of drug-likeness (QED) is 0.725. The third-order valence-electron chi connectivity index (χ3n) is 5.00. The Bertz CT molecular complexity index is 620. The summed E-state index contributed by atoms with van der Waals surface area (Å²) < 4.78 is 5.40. The predicted octanol–water partition coefficient (Wildman–Crippen LogP) is 0.233. The molecule has 2 N–H and O–H groups in total. The van der Waals surface area contributed by atoms with E-state index in [0.717, 1.165) is 18.9 Å². The van der Waals surface area contributed by atoms with Crippen LogP contribution in [0, 0.1) is 5.92 Å². The Morgan fingerprint density at radius 1 is 1.40 bits per heavy atom. The number of anilines is 1. The number of ether oxygens (including phenoxy) is 1. The number of carbonyl (C=O) groups excluding carboxylic acids is 2. The maximum absolute atomic E-state index is 12.2. The van der Waals surface area contributed by atoms with Crippen molar-refractivity contribution in [3.63, 3.8) is 0 Å². The molecule has 2 amide bonds. The monoisotopic (exact) mass is 346 g/mol. The second-order valence-electron chi connectivity index (χ2n) is 7.14. The van der Waals surface area contributed by atoms with Crippen molar-refractivity contribution in [3.8, 4) is 5.75 Å². The second kappa shape index (κ2) is 8.34. The first-order valence-corrected chi connectivity index (χ1v) is 9.26. The number of hydrogen-bond acceptors (Lipinski definition) is 3. The van der Waals surface area contributed by atoms with Gasteiger partial charge in [0, 0.05) is 18.9 Å². The molecule has 3 rings (SSSR count). The lowest BCUT2D eigenvalue weighted by Crippen LogP contribution is -3.13. The number of fused-ring (bicyclic) bond motifs is 1. The average Bonchev–Trinajstić information content (AvgIpc) is 2.61. The highest BCUT2D eigenvalue weighted by molar-refractivity contribution is 6.02. The van der Waals surface area contributed by atoms with Crippen LogP contribution in [-0.2, 0) is 9.59 Å². The maximum Gasteiger partial charge on any atom is 0.265 e. The summed E-state index contributed by atoms with van der Waals surface area (Å²) in [4.78, 5) is 27.4. The number of rotatable bonds is 6. The molecular weight excluding hydrogens is 318 g/mol. The third-order valence-corrected chi connectivity index (χ3v) is 5.00. The number of likely N-dealkylation sites (tertiary alicyclic amines) is 1. The number of para-hydroxylation sites is 2. The lowest BCUT2D eigenvalue weighted by atomic mass is 10.0. The predicted molar refractivity (Wildman–Crippen MR) is 95.9 cm³/mol. The Labute approximate surface area is 149 Å². The number of hydrogen-bond donors (Lipinski definition) is 2. The van der Waals surface area contributed by atoms with Crippen LogP contribution < -0.4 is 19.9 Å². The van der Waals surface area contributed by atoms with Crippen LogP contribution in [0.1, 0.15) is 26.2 Å². The largest absolute Gasteiger partial charge is 0.482 e. The Morgan fingerprint density at radius 3 is 3.08 bits per heavy atom. The first-order valence-electron chi connectivity index (χ1n) is 9.26. The molecule has 0 saturated carbocycles. The zero-order valence-electron chi connectivity index (χ0n) is 14.9. The summed E-state index contributed by atoms with van der Waals surface area (Å²) in [5.41, 5.74) is 0.667. The van der Waals surface area contributed by atoms with Crippen molar-refractivity contribution in [1.82, 2.24) is 5.32 Å². The smallest absolute Gasteiger partial charge is 0.265 e. The summed E-state index contributed by atoms with van der Waals surface area (Å²) >= 11 is 0. The van der Waals surface area contributed by atoms with Crippen LogP contribution in [0.5, 0.6) is 5.75 Å². The zero-order chi connectivity index (χ0) is 17.6. The van der Waals surface area contributed by atoms with Gasteiger partial charge in [0.15, 0.2) is 6.61 Å². The van der Waals surface area contributed by atoms with Crippen molar-refractivity contribution in [1.29, 1.82) is 0 Å². The maximum atomic E-state index is 12.2. The minimum absolute atomic E-state index is 0.0131. The molecule has 0 bridgehead atoms. The van der Waals surface area contributed by atoms with Gasteiger partial charge in [-0.15, -0.1) is 0 Å². The van der Waals surface area contributed by atoms with Crippen LogP contribution in [0.3, 0.4) is 0 Å². The lowest BCUT2D eigenvalue weighted by molar-refractivity contribution is -0.908. The molecule has 2 aliphatic rings. The van der Waals surface area contributed by atoms with Gasteiger partial charge in [-0.2, -0.15) is 0 Å². The fraction of sp³-hybridized carbons (Fsp3) is 0.579. The van der Waals surface area contributed by atoms with Gasteiger partial charge in [-0.25, -0.2) is 0 Å². The van der Waals surface area contributed by atoms with Crippen LogP contribution in [0.4, 0.5) is 5.69 Å². The topological polar surface area (TPSA) is 63.1 Å². The van der Waals surface area contributed by atoms with Crippen LogP contribution in [0.2, 0.25) is 0 Å². The van der Waals surface area contributed by atoms with E-state index >= 15 is 0 Å². The molecule has 1 aromatic rings. The molecule has 2 heterocycles. The number of nitrogens with one attached hydrogen (secondary N) is 2. The number of amides is 2. The highest BCUT2D eigenvalue weighted by Gasteiger charge is 2.26. The average molecular weight is 346 g/mol. The van der Waals surface area contributed by atoms with E-state index in [9.17, 15) is 9.59 Å². The van der Waals surface area contributed by atoms with Crippen molar-refractivity contribution in [2.24, 2.45) is 5.92 Å². The Kier molecular flexibility index (Phi) is 5.91. The highest BCUT2D eigenvalue weighted by Crippen LogP contribution is 2.31. The summed E-state index contributed by atoms with van der Waals surface area (Å²) in [6.45, 7) is 6.61. The molecule has 25 heavy (non-hydrogen) atoms. The van der Waals surface area contributed by atoms with Crippen LogP contribution in [0.25, 0.3) is 0 Å². The molecule has 6 nitrogen and oxygen atoms in total. The summed E-state index contributed by atoms with van der Waals surface area (Å²) in [5.74, 6) is 1.16. The van der Waals surface area contributed by atoms with Gasteiger partial charge in [0.2, 0.25) is 5.91 Å². The Balaban J connectivity index is 1.43. The van der Waals surface area contributed by atoms with E-state index < -0.39 is 0 Å². The van der Waals surface area contributed by atoms with Crippen LogP contribution in [-0.4, -0.2) is 51.1 Å². The van der Waals surface area contributed by atoms with Crippen LogP contribution >= 0.6 is 0 Å². The van der Waals surface area contributed by atoms with Gasteiger partial charge in [0.25, 0.3) is 5.91 Å². The fourth-order valence-corrected chi connectivity index (χ4v) is 3.72. The van der Waals surface area contributed by atoms with Crippen molar-refractivity contribution < 1.29 is 19.2 Å². The SMILES string of the molecule is CC1CCC[NH+](CCCNC(=O)CN2C(=O)COc3ccccc32)C1. The van der Waals surface area contributed by atoms with E-state index in [-0.39, 0.29) is 25.0 Å². The Hall–Kier alpha value is -2.08. The lowest BCUT2D eigenvalue weighted by Gasteiger charge is -2.29. The molecule has 1 fully saturated rings. The van der Waals surface area contributed by atoms with Gasteiger partial charge in [0.05, 0.1) is 25.3 Å². The molecule has 0 aromatic heterocycles. The van der Waals surface area contributed by atoms with Gasteiger partial charge in [-0.3, -0.25) is 14.5 Å². The minimum Gasteiger partial charge on any atom is -0.482 e. The molecule has 136 valence electrons. The van der Waals surface area contributed by atoms with E-state index in [1.807, 2.05) is 18.2 Å². The van der Waals surface area contributed by atoms with E-state index in [4.69, 9.17) is 4.74 Å². The minimum atomic E-state index is -0.180. The summed E-state index contributed by atoms with van der Waals surface area (Å²) in [6.07, 6.45) is 3.62. The number of benzene rings is 1. The number of quaternary nitrogens is 1. The van der Waals surface area contributed by atoms with Crippen molar-refractivity contribution in [3.05, 3.63) is 24.3 Å². The standard InChI is InChI=1S/C19H27N3O3/c1-15-6-4-10-21(12-15)11-5-9-20-18(23)13-22-16-7-2-3-8-17(16)25-14-19(22)24/h2-3,7-8,15H,4-6,9-14H2,1H3,(H,20,23)/p+1. The normalized spacial score (nSPS) is 22.9. The molecule has 6 heteroatoms. The summed E-state index contributed by atoms with van der Waals surface area (Å²) in [5, 5.41) is 2.95. The number of nitrogens with zero attached hydrogens (tertiary/aromatic N) is 1. The fourth-order valence-electron chi connectivity index (χ4n) is 3.72. The van der Waals surface area contributed by atoms with E-state index in [1.165, 1.54) is 30.8 Å². The molecule has 0 aliphatic carbocycles. The van der Waals surface area contributed by atoms with Crippen molar-refractivity contribution >= 4 is 17.5 Å².